The lowest BCUT2D eigenvalue weighted by Crippen LogP contribution is -2.43. The number of carbonyl (C=O) groups excluding carboxylic acids is 1. The van der Waals surface area contributed by atoms with Crippen molar-refractivity contribution in [1.82, 2.24) is 5.32 Å². The fourth-order valence-electron chi connectivity index (χ4n) is 2.13. The minimum atomic E-state index is -1.08. The molecule has 0 aromatic heterocycles. The molecule has 6 nitrogen and oxygen atoms in total. The van der Waals surface area contributed by atoms with E-state index in [2.05, 4.69) is 27.9 Å². The van der Waals surface area contributed by atoms with Crippen molar-refractivity contribution < 1.29 is 24.2 Å². The van der Waals surface area contributed by atoms with Crippen LogP contribution in [0.4, 0.5) is 4.79 Å². The first kappa shape index (κ1) is 22.5. The van der Waals surface area contributed by atoms with Crippen molar-refractivity contribution >= 4 is 34.7 Å². The van der Waals surface area contributed by atoms with Crippen LogP contribution in [-0.2, 0) is 16.0 Å². The number of aryl methyl sites for hydroxylation is 1. The number of carboxylic acids is 1. The normalized spacial score (nSPS) is 13.0. The molecule has 0 aliphatic heterocycles. The van der Waals surface area contributed by atoms with E-state index >= 15 is 0 Å². The Balaban J connectivity index is 2.71. The van der Waals surface area contributed by atoms with Gasteiger partial charge in [-0.15, -0.1) is 0 Å². The molecule has 1 aromatic carbocycles. The lowest BCUT2D eigenvalue weighted by atomic mass is 10.0. The van der Waals surface area contributed by atoms with E-state index in [1.54, 1.807) is 20.8 Å². The van der Waals surface area contributed by atoms with Gasteiger partial charge in [-0.3, -0.25) is 0 Å². The summed E-state index contributed by atoms with van der Waals surface area (Å²) >= 11 is 2.20. The van der Waals surface area contributed by atoms with Gasteiger partial charge in [-0.1, -0.05) is 6.07 Å². The number of benzene rings is 1. The highest BCUT2D eigenvalue weighted by Gasteiger charge is 2.24. The van der Waals surface area contributed by atoms with Crippen LogP contribution in [0.1, 0.15) is 53.5 Å². The van der Waals surface area contributed by atoms with E-state index in [-0.39, 0.29) is 12.0 Å². The van der Waals surface area contributed by atoms with Crippen LogP contribution in [0.15, 0.2) is 18.2 Å². The molecule has 0 saturated carbocycles. The third-order valence-electron chi connectivity index (χ3n) is 3.12. The minimum absolute atomic E-state index is 0.268. The van der Waals surface area contributed by atoms with E-state index in [0.29, 0.717) is 6.42 Å². The Kier molecular flexibility index (Phi) is 7.73. The van der Waals surface area contributed by atoms with Gasteiger partial charge in [0.15, 0.2) is 0 Å². The second-order valence-corrected chi connectivity index (χ2v) is 9.22. The smallest absolute Gasteiger partial charge is 0.408 e. The highest BCUT2D eigenvalue weighted by molar-refractivity contribution is 14.1. The molecular weight excluding hydrogens is 449 g/mol. The summed E-state index contributed by atoms with van der Waals surface area (Å²) in [5, 5.41) is 11.7. The molecule has 0 spiro atoms. The van der Waals surface area contributed by atoms with Gasteiger partial charge >= 0.3 is 12.1 Å². The molecule has 1 atom stereocenters. The highest BCUT2D eigenvalue weighted by atomic mass is 127. The van der Waals surface area contributed by atoms with Crippen molar-refractivity contribution in [1.29, 1.82) is 0 Å². The number of ether oxygens (including phenoxy) is 2. The first-order chi connectivity index (χ1) is 11.8. The van der Waals surface area contributed by atoms with Crippen molar-refractivity contribution in [3.63, 3.8) is 0 Å². The molecule has 7 heteroatoms. The maximum absolute atomic E-state index is 11.8. The summed E-state index contributed by atoms with van der Waals surface area (Å²) in [7, 11) is 0. The first-order valence-electron chi connectivity index (χ1n) is 8.46. The van der Waals surface area contributed by atoms with E-state index in [4.69, 9.17) is 9.47 Å². The van der Waals surface area contributed by atoms with Crippen molar-refractivity contribution in [2.45, 2.75) is 71.6 Å². The molecule has 26 heavy (non-hydrogen) atoms. The van der Waals surface area contributed by atoms with Crippen LogP contribution < -0.4 is 10.1 Å². The number of alkyl carbamates (subject to hydrolysis) is 1. The summed E-state index contributed by atoms with van der Waals surface area (Å²) in [5.41, 5.74) is 0.0205. The fourth-order valence-corrected chi connectivity index (χ4v) is 2.82. The predicted octanol–water partition coefficient (Wildman–Crippen LogP) is 4.38. The summed E-state index contributed by atoms with van der Waals surface area (Å²) in [6.45, 7) is 11.1. The number of carboxylic acid groups (broad SMARTS) is 1. The zero-order valence-electron chi connectivity index (χ0n) is 16.2. The number of aliphatic carboxylic acids is 1. The van der Waals surface area contributed by atoms with Gasteiger partial charge in [0.1, 0.15) is 23.0 Å². The number of halogens is 1. The molecule has 0 aliphatic carbocycles. The Hall–Kier alpha value is -1.51. The molecule has 1 rings (SSSR count). The maximum atomic E-state index is 11.8. The maximum Gasteiger partial charge on any atom is 0.408 e. The number of amides is 1. The molecule has 0 bridgehead atoms. The van der Waals surface area contributed by atoms with Gasteiger partial charge in [0.2, 0.25) is 0 Å². The monoisotopic (exact) mass is 477 g/mol. The highest BCUT2D eigenvalue weighted by Crippen LogP contribution is 2.26. The lowest BCUT2D eigenvalue weighted by molar-refractivity contribution is -0.139. The molecule has 2 N–H and O–H groups in total. The number of rotatable bonds is 6. The van der Waals surface area contributed by atoms with E-state index in [9.17, 15) is 14.7 Å². The Morgan fingerprint density at radius 1 is 1.15 bits per heavy atom. The van der Waals surface area contributed by atoms with Crippen molar-refractivity contribution in [3.05, 3.63) is 27.3 Å². The predicted molar refractivity (Wildman–Crippen MR) is 109 cm³/mol. The summed E-state index contributed by atoms with van der Waals surface area (Å²) in [4.78, 5) is 23.2. The lowest BCUT2D eigenvalue weighted by Gasteiger charge is -2.23. The van der Waals surface area contributed by atoms with E-state index in [0.717, 1.165) is 14.9 Å². The topological polar surface area (TPSA) is 84.9 Å². The molecule has 0 unspecified atom stereocenters. The Morgan fingerprint density at radius 3 is 2.23 bits per heavy atom. The Labute approximate surface area is 168 Å². The standard InChI is InChI=1S/C19H28INO5/c1-18(2,3)25-15-10-8-12(11-13(15)20)7-9-14(16(22)23)21-17(24)26-19(4,5)6/h8,10-11,14H,7,9H2,1-6H3,(H,21,24)(H,22,23)/t14-/m1/s1. The Bertz CT molecular complexity index is 646. The SMILES string of the molecule is CC(C)(C)OC(=O)N[C@H](CCc1ccc(OC(C)(C)C)c(I)c1)C(=O)O. The molecule has 0 radical (unpaired) electrons. The van der Waals surface area contributed by atoms with Crippen LogP contribution in [0.5, 0.6) is 5.75 Å². The van der Waals surface area contributed by atoms with Gasteiger partial charge in [-0.25, -0.2) is 9.59 Å². The van der Waals surface area contributed by atoms with Crippen LogP contribution >= 0.6 is 22.6 Å². The molecule has 0 aliphatic rings. The van der Waals surface area contributed by atoms with Crippen molar-refractivity contribution in [2.75, 3.05) is 0 Å². The third kappa shape index (κ3) is 8.73. The second kappa shape index (κ2) is 8.92. The molecule has 0 saturated heterocycles. The molecule has 1 amide bonds. The Morgan fingerprint density at radius 2 is 1.77 bits per heavy atom. The van der Waals surface area contributed by atoms with Gasteiger partial charge in [0.05, 0.1) is 3.57 Å². The number of hydrogen-bond donors (Lipinski definition) is 2. The molecular formula is C19H28INO5. The van der Waals surface area contributed by atoms with Gasteiger partial charge < -0.3 is 19.9 Å². The van der Waals surface area contributed by atoms with Gasteiger partial charge in [0, 0.05) is 0 Å². The first-order valence-corrected chi connectivity index (χ1v) is 9.54. The van der Waals surface area contributed by atoms with Crippen LogP contribution in [0.25, 0.3) is 0 Å². The number of carbonyl (C=O) groups is 2. The third-order valence-corrected chi connectivity index (χ3v) is 3.97. The van der Waals surface area contributed by atoms with Gasteiger partial charge in [-0.05, 0) is 94.7 Å². The summed E-state index contributed by atoms with van der Waals surface area (Å²) in [5.74, 6) is -0.290. The summed E-state index contributed by atoms with van der Waals surface area (Å²) in [6, 6.07) is 4.76. The largest absolute Gasteiger partial charge is 0.487 e. The molecule has 146 valence electrons. The van der Waals surface area contributed by atoms with Gasteiger partial charge in [0.25, 0.3) is 0 Å². The molecule has 0 heterocycles. The van der Waals surface area contributed by atoms with Gasteiger partial charge in [-0.2, -0.15) is 0 Å². The molecule has 1 aromatic rings. The van der Waals surface area contributed by atoms with Crippen molar-refractivity contribution in [2.24, 2.45) is 0 Å². The number of nitrogens with one attached hydrogen (secondary N) is 1. The van der Waals surface area contributed by atoms with E-state index in [1.165, 1.54) is 0 Å². The van der Waals surface area contributed by atoms with E-state index < -0.39 is 23.7 Å². The minimum Gasteiger partial charge on any atom is -0.487 e. The average molecular weight is 477 g/mol. The summed E-state index contributed by atoms with van der Waals surface area (Å²) in [6.07, 6.45) is 0.0521. The van der Waals surface area contributed by atoms with Crippen LogP contribution in [0.3, 0.4) is 0 Å². The zero-order chi connectivity index (χ0) is 20.1. The summed E-state index contributed by atoms with van der Waals surface area (Å²) < 4.78 is 12.0. The zero-order valence-corrected chi connectivity index (χ0v) is 18.3. The van der Waals surface area contributed by atoms with Crippen LogP contribution in [0.2, 0.25) is 0 Å². The van der Waals surface area contributed by atoms with Crippen LogP contribution in [0, 0.1) is 3.57 Å². The van der Waals surface area contributed by atoms with E-state index in [1.807, 2.05) is 39.0 Å². The quantitative estimate of drug-likeness (QED) is 0.595. The fraction of sp³-hybridized carbons (Fsp3) is 0.579. The second-order valence-electron chi connectivity index (χ2n) is 8.05. The number of hydrogen-bond acceptors (Lipinski definition) is 4. The average Bonchev–Trinajstić information content (AvgIpc) is 2.42. The van der Waals surface area contributed by atoms with Crippen LogP contribution in [-0.4, -0.2) is 34.4 Å². The van der Waals surface area contributed by atoms with Crippen molar-refractivity contribution in [3.8, 4) is 5.75 Å². The molecule has 0 fully saturated rings.